The molecule has 2 N–H and O–H groups in total. The number of aliphatic hydroxyl groups excluding tert-OH is 1. The minimum Gasteiger partial charge on any atom is -0.480 e. The van der Waals surface area contributed by atoms with Gasteiger partial charge >= 0.3 is 12.0 Å². The van der Waals surface area contributed by atoms with Crippen molar-refractivity contribution in [3.8, 4) is 6.07 Å². The Bertz CT molecular complexity index is 405. The number of carbonyl (C=O) groups excluding carboxylic acids is 1. The van der Waals surface area contributed by atoms with E-state index in [1.165, 1.54) is 9.80 Å². The number of carboxylic acid groups (broad SMARTS) is 1. The number of β-amino-alcohol motifs (C(OH)–C–C–N with tert-alkyl or cyclic N) is 1. The van der Waals surface area contributed by atoms with E-state index >= 15 is 0 Å². The van der Waals surface area contributed by atoms with Crippen molar-refractivity contribution in [2.75, 3.05) is 19.6 Å². The molecule has 0 aromatic carbocycles. The first-order valence-corrected chi connectivity index (χ1v) is 6.70. The Hall–Kier alpha value is -1.81. The molecule has 1 rings (SSSR count). The molecule has 7 nitrogen and oxygen atoms in total. The Morgan fingerprint density at radius 3 is 2.65 bits per heavy atom. The number of urea groups is 1. The largest absolute Gasteiger partial charge is 0.480 e. The van der Waals surface area contributed by atoms with Gasteiger partial charge in [0.25, 0.3) is 0 Å². The monoisotopic (exact) mass is 283 g/mol. The molecule has 0 spiro atoms. The van der Waals surface area contributed by atoms with Gasteiger partial charge in [0.15, 0.2) is 0 Å². The van der Waals surface area contributed by atoms with Crippen LogP contribution in [0.4, 0.5) is 4.79 Å². The molecular weight excluding hydrogens is 262 g/mol. The standard InChI is InChI=1S/C13H21N3O4/c1-9(2)7-15(5-3-4-14)13(20)16-8-10(17)6-11(16)12(18)19/h9-11,17H,3,5-8H2,1-2H3,(H,18,19). The summed E-state index contributed by atoms with van der Waals surface area (Å²) in [5.41, 5.74) is 0. The van der Waals surface area contributed by atoms with E-state index in [4.69, 9.17) is 10.4 Å². The van der Waals surface area contributed by atoms with Gasteiger partial charge in [-0.2, -0.15) is 5.26 Å². The van der Waals surface area contributed by atoms with E-state index < -0.39 is 24.1 Å². The number of hydrogen-bond donors (Lipinski definition) is 2. The molecule has 1 aliphatic heterocycles. The van der Waals surface area contributed by atoms with Gasteiger partial charge in [-0.05, 0) is 5.92 Å². The molecule has 0 aliphatic carbocycles. The molecule has 1 aliphatic rings. The summed E-state index contributed by atoms with van der Waals surface area (Å²) in [5, 5.41) is 27.3. The van der Waals surface area contributed by atoms with E-state index in [0.717, 1.165) is 0 Å². The van der Waals surface area contributed by atoms with Crippen molar-refractivity contribution >= 4 is 12.0 Å². The minimum atomic E-state index is -1.11. The molecule has 0 aromatic heterocycles. The summed E-state index contributed by atoms with van der Waals surface area (Å²) in [4.78, 5) is 26.2. The van der Waals surface area contributed by atoms with Crippen LogP contribution in [0, 0.1) is 17.2 Å². The number of carbonyl (C=O) groups is 2. The zero-order valence-electron chi connectivity index (χ0n) is 11.8. The van der Waals surface area contributed by atoms with Gasteiger partial charge in [0.1, 0.15) is 6.04 Å². The molecule has 0 bridgehead atoms. The lowest BCUT2D eigenvalue weighted by Crippen LogP contribution is -2.49. The Morgan fingerprint density at radius 2 is 2.15 bits per heavy atom. The van der Waals surface area contributed by atoms with E-state index in [9.17, 15) is 14.7 Å². The highest BCUT2D eigenvalue weighted by Crippen LogP contribution is 2.20. The summed E-state index contributed by atoms with van der Waals surface area (Å²) in [6.45, 7) is 4.64. The number of aliphatic carboxylic acids is 1. The van der Waals surface area contributed by atoms with Gasteiger partial charge in [-0.15, -0.1) is 0 Å². The first-order valence-electron chi connectivity index (χ1n) is 6.70. The van der Waals surface area contributed by atoms with Crippen molar-refractivity contribution in [3.05, 3.63) is 0 Å². The zero-order chi connectivity index (χ0) is 15.3. The lowest BCUT2D eigenvalue weighted by atomic mass is 10.2. The van der Waals surface area contributed by atoms with Gasteiger partial charge in [-0.1, -0.05) is 13.8 Å². The van der Waals surface area contributed by atoms with Gasteiger partial charge in [0.05, 0.1) is 18.6 Å². The van der Waals surface area contributed by atoms with E-state index in [1.807, 2.05) is 19.9 Å². The molecule has 2 unspecified atom stereocenters. The molecule has 2 atom stereocenters. The number of carboxylic acids is 1. The van der Waals surface area contributed by atoms with Crippen molar-refractivity contribution in [3.63, 3.8) is 0 Å². The summed E-state index contributed by atoms with van der Waals surface area (Å²) in [5.74, 6) is -0.895. The number of rotatable bonds is 5. The Kier molecular flexibility index (Phi) is 5.77. The van der Waals surface area contributed by atoms with Crippen LogP contribution in [0.2, 0.25) is 0 Å². The summed E-state index contributed by atoms with van der Waals surface area (Å²) in [6, 6.07) is 0.571. The second-order valence-corrected chi connectivity index (χ2v) is 5.43. The van der Waals surface area contributed by atoms with E-state index in [1.54, 1.807) is 0 Å². The molecular formula is C13H21N3O4. The summed E-state index contributed by atoms with van der Waals surface area (Å²) in [6.07, 6.45) is -0.557. The fourth-order valence-electron chi connectivity index (χ4n) is 2.33. The molecule has 112 valence electrons. The maximum atomic E-state index is 12.4. The van der Waals surface area contributed by atoms with Crippen molar-refractivity contribution in [1.29, 1.82) is 5.26 Å². The number of likely N-dealkylation sites (tertiary alicyclic amines) is 1. The van der Waals surface area contributed by atoms with Crippen LogP contribution in [-0.2, 0) is 4.79 Å². The van der Waals surface area contributed by atoms with Gasteiger partial charge in [-0.25, -0.2) is 9.59 Å². The van der Waals surface area contributed by atoms with Gasteiger partial charge in [-0.3, -0.25) is 0 Å². The third-order valence-electron chi connectivity index (χ3n) is 3.16. The average Bonchev–Trinajstić information content (AvgIpc) is 2.75. The van der Waals surface area contributed by atoms with Crippen LogP contribution in [0.3, 0.4) is 0 Å². The zero-order valence-corrected chi connectivity index (χ0v) is 11.8. The van der Waals surface area contributed by atoms with E-state index in [2.05, 4.69) is 0 Å². The molecule has 1 fully saturated rings. The highest BCUT2D eigenvalue weighted by Gasteiger charge is 2.40. The summed E-state index contributed by atoms with van der Waals surface area (Å²) < 4.78 is 0. The third kappa shape index (κ3) is 4.10. The summed E-state index contributed by atoms with van der Waals surface area (Å²) >= 11 is 0. The number of hydrogen-bond acceptors (Lipinski definition) is 4. The van der Waals surface area contributed by atoms with Crippen LogP contribution >= 0.6 is 0 Å². The van der Waals surface area contributed by atoms with E-state index in [-0.39, 0.29) is 31.8 Å². The maximum absolute atomic E-state index is 12.4. The normalized spacial score (nSPS) is 21.9. The van der Waals surface area contributed by atoms with Gasteiger partial charge in [0, 0.05) is 26.1 Å². The molecule has 0 aromatic rings. The van der Waals surface area contributed by atoms with Crippen LogP contribution in [0.1, 0.15) is 26.7 Å². The predicted octanol–water partition coefficient (Wildman–Crippen LogP) is 0.498. The third-order valence-corrected chi connectivity index (χ3v) is 3.16. The molecule has 7 heteroatoms. The highest BCUT2D eigenvalue weighted by molar-refractivity contribution is 5.83. The van der Waals surface area contributed by atoms with Crippen LogP contribution in [0.5, 0.6) is 0 Å². The predicted molar refractivity (Wildman–Crippen MR) is 70.8 cm³/mol. The van der Waals surface area contributed by atoms with Crippen LogP contribution in [0.15, 0.2) is 0 Å². The minimum absolute atomic E-state index is 0.0248. The number of nitrogens with zero attached hydrogens (tertiary/aromatic N) is 3. The molecule has 1 heterocycles. The SMILES string of the molecule is CC(C)CN(CCC#N)C(=O)N1CC(O)CC1C(=O)O. The molecule has 20 heavy (non-hydrogen) atoms. The lowest BCUT2D eigenvalue weighted by molar-refractivity contribution is -0.141. The first kappa shape index (κ1) is 16.2. The summed E-state index contributed by atoms with van der Waals surface area (Å²) in [7, 11) is 0. The topological polar surface area (TPSA) is 105 Å². The lowest BCUT2D eigenvalue weighted by Gasteiger charge is -2.30. The first-order chi connectivity index (χ1) is 9.36. The second kappa shape index (κ2) is 7.10. The fourth-order valence-corrected chi connectivity index (χ4v) is 2.33. The average molecular weight is 283 g/mol. The number of aliphatic hydroxyl groups is 1. The molecule has 2 amide bonds. The Morgan fingerprint density at radius 1 is 1.50 bits per heavy atom. The smallest absolute Gasteiger partial charge is 0.326 e. The highest BCUT2D eigenvalue weighted by atomic mass is 16.4. The maximum Gasteiger partial charge on any atom is 0.326 e. The van der Waals surface area contributed by atoms with Crippen LogP contribution in [-0.4, -0.2) is 63.8 Å². The van der Waals surface area contributed by atoms with Crippen molar-refractivity contribution in [1.82, 2.24) is 9.80 Å². The second-order valence-electron chi connectivity index (χ2n) is 5.43. The Labute approximate surface area is 118 Å². The van der Waals surface area contributed by atoms with Crippen molar-refractivity contribution in [2.24, 2.45) is 5.92 Å². The molecule has 0 radical (unpaired) electrons. The molecule has 0 saturated carbocycles. The van der Waals surface area contributed by atoms with Gasteiger partial charge < -0.3 is 20.0 Å². The van der Waals surface area contributed by atoms with Crippen molar-refractivity contribution < 1.29 is 19.8 Å². The number of nitriles is 1. The van der Waals surface area contributed by atoms with Crippen molar-refractivity contribution in [2.45, 2.75) is 38.8 Å². The van der Waals surface area contributed by atoms with Gasteiger partial charge in [0.2, 0.25) is 0 Å². The molecule has 1 saturated heterocycles. The number of amides is 2. The fraction of sp³-hybridized carbons (Fsp3) is 0.769. The van der Waals surface area contributed by atoms with E-state index in [0.29, 0.717) is 6.54 Å². The van der Waals surface area contributed by atoms with Crippen LogP contribution < -0.4 is 0 Å². The van der Waals surface area contributed by atoms with Crippen LogP contribution in [0.25, 0.3) is 0 Å². The Balaban J connectivity index is 2.81. The quantitative estimate of drug-likeness (QED) is 0.764.